The lowest BCUT2D eigenvalue weighted by atomic mass is 9.88. The van der Waals surface area contributed by atoms with E-state index < -0.39 is 5.41 Å². The lowest BCUT2D eigenvalue weighted by Crippen LogP contribution is -2.37. The summed E-state index contributed by atoms with van der Waals surface area (Å²) in [6, 6.07) is 7.90. The van der Waals surface area contributed by atoms with Gasteiger partial charge in [0.25, 0.3) is 0 Å². The number of rotatable bonds is 5. The van der Waals surface area contributed by atoms with Crippen LogP contribution in [0.5, 0.6) is 0 Å². The highest BCUT2D eigenvalue weighted by molar-refractivity contribution is 9.10. The van der Waals surface area contributed by atoms with E-state index in [0.29, 0.717) is 19.5 Å². The van der Waals surface area contributed by atoms with Crippen LogP contribution in [0.25, 0.3) is 0 Å². The Bertz CT molecular complexity index is 391. The van der Waals surface area contributed by atoms with Crippen LogP contribution in [0.2, 0.25) is 0 Å². The highest BCUT2D eigenvalue weighted by atomic mass is 79.9. The maximum atomic E-state index is 11.9. The molecule has 0 radical (unpaired) electrons. The van der Waals surface area contributed by atoms with E-state index in [1.807, 2.05) is 38.1 Å². The molecule has 3 N–H and O–H groups in total. The minimum Gasteiger partial charge on any atom is -0.352 e. The van der Waals surface area contributed by atoms with Gasteiger partial charge in [-0.25, -0.2) is 0 Å². The molecule has 0 aliphatic carbocycles. The second-order valence-corrected chi connectivity index (χ2v) is 5.65. The van der Waals surface area contributed by atoms with Crippen molar-refractivity contribution in [3.8, 4) is 0 Å². The van der Waals surface area contributed by atoms with Gasteiger partial charge in [0, 0.05) is 16.4 Å². The van der Waals surface area contributed by atoms with Crippen molar-refractivity contribution in [1.29, 1.82) is 0 Å². The first-order chi connectivity index (χ1) is 7.95. The second-order valence-electron chi connectivity index (χ2n) is 4.74. The van der Waals surface area contributed by atoms with E-state index in [-0.39, 0.29) is 5.91 Å². The first kappa shape index (κ1) is 14.2. The molecule has 3 nitrogen and oxygen atoms in total. The monoisotopic (exact) mass is 298 g/mol. The minimum absolute atomic E-state index is 0.0444. The zero-order valence-electron chi connectivity index (χ0n) is 10.3. The number of carbonyl (C=O) groups excluding carboxylic acids is 1. The van der Waals surface area contributed by atoms with E-state index >= 15 is 0 Å². The Kier molecular flexibility index (Phi) is 5.15. The Labute approximate surface area is 111 Å². The third-order valence-electron chi connectivity index (χ3n) is 2.73. The number of amides is 1. The van der Waals surface area contributed by atoms with Gasteiger partial charge in [-0.1, -0.05) is 41.9 Å². The summed E-state index contributed by atoms with van der Waals surface area (Å²) in [6.07, 6.45) is 0.692. The summed E-state index contributed by atoms with van der Waals surface area (Å²) in [6.45, 7) is 4.90. The van der Waals surface area contributed by atoms with Crippen molar-refractivity contribution in [2.45, 2.75) is 26.8 Å². The van der Waals surface area contributed by atoms with E-state index in [1.165, 1.54) is 0 Å². The molecule has 0 aromatic heterocycles. The molecule has 0 spiro atoms. The average molecular weight is 299 g/mol. The Balaban J connectivity index is 2.54. The smallest absolute Gasteiger partial charge is 0.225 e. The summed E-state index contributed by atoms with van der Waals surface area (Å²) in [4.78, 5) is 11.9. The quantitative estimate of drug-likeness (QED) is 0.877. The third-order valence-corrected chi connectivity index (χ3v) is 3.22. The molecule has 0 saturated carbocycles. The topological polar surface area (TPSA) is 55.1 Å². The highest BCUT2D eigenvalue weighted by Crippen LogP contribution is 2.19. The molecule has 0 fully saturated rings. The van der Waals surface area contributed by atoms with Gasteiger partial charge < -0.3 is 11.1 Å². The van der Waals surface area contributed by atoms with Crippen LogP contribution in [0.15, 0.2) is 28.7 Å². The van der Waals surface area contributed by atoms with Crippen LogP contribution in [-0.4, -0.2) is 12.5 Å². The van der Waals surface area contributed by atoms with Gasteiger partial charge in [-0.15, -0.1) is 0 Å². The van der Waals surface area contributed by atoms with Crippen LogP contribution in [0.1, 0.15) is 25.8 Å². The Hall–Kier alpha value is -0.870. The summed E-state index contributed by atoms with van der Waals surface area (Å²) < 4.78 is 1.02. The molecular weight excluding hydrogens is 280 g/mol. The molecular formula is C13H19BrN2O. The van der Waals surface area contributed by atoms with Crippen molar-refractivity contribution < 1.29 is 4.79 Å². The fourth-order valence-electron chi connectivity index (χ4n) is 1.54. The van der Waals surface area contributed by atoms with Gasteiger partial charge in [0.2, 0.25) is 5.91 Å². The molecule has 0 heterocycles. The molecule has 0 bridgehead atoms. The van der Waals surface area contributed by atoms with Crippen molar-refractivity contribution in [3.63, 3.8) is 0 Å². The van der Waals surface area contributed by atoms with Crippen molar-refractivity contribution in [2.24, 2.45) is 11.1 Å². The normalized spacial score (nSPS) is 11.3. The maximum Gasteiger partial charge on any atom is 0.225 e. The fraction of sp³-hybridized carbons (Fsp3) is 0.462. The predicted molar refractivity (Wildman–Crippen MR) is 73.4 cm³/mol. The van der Waals surface area contributed by atoms with E-state index in [0.717, 1.165) is 10.0 Å². The maximum absolute atomic E-state index is 11.9. The Morgan fingerprint density at radius 2 is 2.18 bits per heavy atom. The fourth-order valence-corrected chi connectivity index (χ4v) is 1.99. The zero-order chi connectivity index (χ0) is 12.9. The van der Waals surface area contributed by atoms with E-state index in [1.54, 1.807) is 0 Å². The van der Waals surface area contributed by atoms with Gasteiger partial charge in [-0.05, 0) is 30.7 Å². The first-order valence-electron chi connectivity index (χ1n) is 5.68. The Morgan fingerprint density at radius 3 is 2.76 bits per heavy atom. The molecule has 1 aromatic rings. The van der Waals surface area contributed by atoms with Crippen LogP contribution in [0.4, 0.5) is 0 Å². The molecule has 1 aromatic carbocycles. The van der Waals surface area contributed by atoms with Crippen LogP contribution in [0, 0.1) is 5.41 Å². The number of carbonyl (C=O) groups is 1. The molecule has 0 aliphatic rings. The van der Waals surface area contributed by atoms with E-state index in [9.17, 15) is 4.79 Å². The lowest BCUT2D eigenvalue weighted by Gasteiger charge is -2.22. The molecule has 0 atom stereocenters. The van der Waals surface area contributed by atoms with E-state index in [2.05, 4.69) is 21.2 Å². The summed E-state index contributed by atoms with van der Waals surface area (Å²) in [5.41, 5.74) is 6.17. The summed E-state index contributed by atoms with van der Waals surface area (Å²) in [5.74, 6) is 0.0444. The predicted octanol–water partition coefficient (Wildman–Crippen LogP) is 2.44. The van der Waals surface area contributed by atoms with Crippen molar-refractivity contribution >= 4 is 21.8 Å². The van der Waals surface area contributed by atoms with Crippen molar-refractivity contribution in [3.05, 3.63) is 34.3 Å². The van der Waals surface area contributed by atoms with Crippen LogP contribution in [0.3, 0.4) is 0 Å². The van der Waals surface area contributed by atoms with Gasteiger partial charge in [-0.3, -0.25) is 4.79 Å². The van der Waals surface area contributed by atoms with Crippen LogP contribution in [-0.2, 0) is 11.3 Å². The molecule has 1 rings (SSSR count). The molecule has 94 valence electrons. The zero-order valence-corrected chi connectivity index (χ0v) is 11.9. The Morgan fingerprint density at radius 1 is 1.47 bits per heavy atom. The SMILES string of the molecule is CC(C)(CCN)C(=O)NCc1cccc(Br)c1. The largest absolute Gasteiger partial charge is 0.352 e. The standard InChI is InChI=1S/C13H19BrN2O/c1-13(2,6-7-15)12(17)16-9-10-4-3-5-11(14)8-10/h3-5,8H,6-7,9,15H2,1-2H3,(H,16,17). The van der Waals surface area contributed by atoms with Gasteiger partial charge in [0.1, 0.15) is 0 Å². The number of halogens is 1. The average Bonchev–Trinajstić information content (AvgIpc) is 2.26. The van der Waals surface area contributed by atoms with Gasteiger partial charge in [0.15, 0.2) is 0 Å². The summed E-state index contributed by atoms with van der Waals surface area (Å²) >= 11 is 3.40. The van der Waals surface area contributed by atoms with Crippen molar-refractivity contribution in [1.82, 2.24) is 5.32 Å². The minimum atomic E-state index is -0.402. The molecule has 0 saturated heterocycles. The molecule has 0 aliphatic heterocycles. The van der Waals surface area contributed by atoms with Gasteiger partial charge in [0.05, 0.1) is 0 Å². The number of nitrogens with two attached hydrogens (primary N) is 1. The molecule has 4 heteroatoms. The molecule has 1 amide bonds. The summed E-state index contributed by atoms with van der Waals surface area (Å²) in [5, 5.41) is 2.94. The number of hydrogen-bond donors (Lipinski definition) is 2. The number of hydrogen-bond acceptors (Lipinski definition) is 2. The third kappa shape index (κ3) is 4.48. The number of benzene rings is 1. The molecule has 17 heavy (non-hydrogen) atoms. The van der Waals surface area contributed by atoms with Gasteiger partial charge in [-0.2, -0.15) is 0 Å². The van der Waals surface area contributed by atoms with Crippen LogP contribution >= 0.6 is 15.9 Å². The van der Waals surface area contributed by atoms with Crippen LogP contribution < -0.4 is 11.1 Å². The van der Waals surface area contributed by atoms with Crippen molar-refractivity contribution in [2.75, 3.05) is 6.54 Å². The lowest BCUT2D eigenvalue weighted by molar-refractivity contribution is -0.129. The highest BCUT2D eigenvalue weighted by Gasteiger charge is 2.25. The molecule has 0 unspecified atom stereocenters. The second kappa shape index (κ2) is 6.17. The number of nitrogens with one attached hydrogen (secondary N) is 1. The summed E-state index contributed by atoms with van der Waals surface area (Å²) in [7, 11) is 0. The van der Waals surface area contributed by atoms with Gasteiger partial charge >= 0.3 is 0 Å². The van der Waals surface area contributed by atoms with E-state index in [4.69, 9.17) is 5.73 Å². The first-order valence-corrected chi connectivity index (χ1v) is 6.48.